The van der Waals surface area contributed by atoms with Crippen LogP contribution >= 0.6 is 11.3 Å². The lowest BCUT2D eigenvalue weighted by Gasteiger charge is -2.45. The molecule has 1 amide bonds. The van der Waals surface area contributed by atoms with Crippen molar-refractivity contribution in [3.05, 3.63) is 128 Å². The Morgan fingerprint density at radius 2 is 1.56 bits per heavy atom. The number of aromatic nitrogens is 2. The predicted molar refractivity (Wildman–Crippen MR) is 216 cm³/mol. The van der Waals surface area contributed by atoms with Gasteiger partial charge in [0.25, 0.3) is 5.91 Å². The van der Waals surface area contributed by atoms with E-state index in [1.165, 1.54) is 16.0 Å². The van der Waals surface area contributed by atoms with Gasteiger partial charge in [0.2, 0.25) is 0 Å². The minimum atomic E-state index is -3.45. The summed E-state index contributed by atoms with van der Waals surface area (Å²) in [5.41, 5.74) is 20.8. The fraction of sp³-hybridized carbons (Fsp3) is 0.375. The summed E-state index contributed by atoms with van der Waals surface area (Å²) in [6.45, 7) is 7.53. The highest BCUT2D eigenvalue weighted by Crippen LogP contribution is 2.42. The number of benzene rings is 3. The number of fused-ring (bicyclic) bond motifs is 2. The van der Waals surface area contributed by atoms with Crippen LogP contribution in [0.2, 0.25) is 5.04 Å². The summed E-state index contributed by atoms with van der Waals surface area (Å²) in [6, 6.07) is 25.8. The number of amides is 1. The van der Waals surface area contributed by atoms with Crippen molar-refractivity contribution in [3.8, 4) is 5.75 Å². The van der Waals surface area contributed by atoms with E-state index in [9.17, 15) is 20.7 Å². The summed E-state index contributed by atoms with van der Waals surface area (Å²) < 4.78 is 15.0. The monoisotopic (exact) mass is 773 g/mol. The Morgan fingerprint density at radius 3 is 2.15 bits per heavy atom. The number of nitrogens with zero attached hydrogens (tertiary/aromatic N) is 9. The number of aryl methyl sites for hydroxylation is 1. The summed E-state index contributed by atoms with van der Waals surface area (Å²) in [6.07, 6.45) is 5.22. The fourth-order valence-corrected chi connectivity index (χ4v) is 13.3. The minimum Gasteiger partial charge on any atom is -0.534 e. The van der Waals surface area contributed by atoms with Crippen molar-refractivity contribution in [1.29, 1.82) is 0 Å². The Bertz CT molecular complexity index is 2250. The Morgan fingerprint density at radius 1 is 0.927 bits per heavy atom. The summed E-state index contributed by atoms with van der Waals surface area (Å²) in [5.74, 6) is 0.602. The van der Waals surface area contributed by atoms with Gasteiger partial charge >= 0.3 is 14.4 Å². The molecule has 1 unspecified atom stereocenters. The third-order valence-electron chi connectivity index (χ3n) is 10.4. The molecule has 7 rings (SSSR count). The maximum atomic E-state index is 14.5. The maximum absolute atomic E-state index is 14.5. The highest BCUT2D eigenvalue weighted by Gasteiger charge is 2.56. The van der Waals surface area contributed by atoms with Crippen LogP contribution in [0, 0.1) is 0 Å². The van der Waals surface area contributed by atoms with Crippen LogP contribution in [0.3, 0.4) is 0 Å². The van der Waals surface area contributed by atoms with Gasteiger partial charge in [-0.2, -0.15) is 9.78 Å². The van der Waals surface area contributed by atoms with Gasteiger partial charge in [0, 0.05) is 61.7 Å². The molecule has 0 bridgehead atoms. The fourth-order valence-electron chi connectivity index (χ4n) is 7.76. The van der Waals surface area contributed by atoms with E-state index in [1.54, 1.807) is 6.20 Å². The van der Waals surface area contributed by atoms with Crippen molar-refractivity contribution in [1.82, 2.24) is 14.7 Å². The van der Waals surface area contributed by atoms with Crippen molar-refractivity contribution >= 4 is 52.1 Å². The van der Waals surface area contributed by atoms with E-state index in [4.69, 9.17) is 9.16 Å². The second kappa shape index (κ2) is 15.3. The number of hydrogen-bond donors (Lipinski definition) is 0. The van der Waals surface area contributed by atoms with E-state index >= 15 is 0 Å². The first-order valence-corrected chi connectivity index (χ1v) is 21.2. The second-order valence-electron chi connectivity index (χ2n) is 15.5. The molecule has 2 aliphatic carbocycles. The summed E-state index contributed by atoms with van der Waals surface area (Å²) in [5, 5.41) is 16.3. The predicted octanol–water partition coefficient (Wildman–Crippen LogP) is 8.56. The zero-order chi connectivity index (χ0) is 38.8. The van der Waals surface area contributed by atoms with Crippen LogP contribution in [-0.2, 0) is 17.6 Å². The Labute approximate surface area is 324 Å². The Balaban J connectivity index is 1.22. The molecule has 15 heteroatoms. The third kappa shape index (κ3) is 7.56. The number of azide groups is 2. The van der Waals surface area contributed by atoms with Crippen LogP contribution in [0.1, 0.15) is 68.6 Å². The molecule has 2 heterocycles. The quantitative estimate of drug-likeness (QED) is 0.0534. The lowest BCUT2D eigenvalue weighted by atomic mass is 9.91. The van der Waals surface area contributed by atoms with Gasteiger partial charge in [-0.25, -0.2) is 4.79 Å². The van der Waals surface area contributed by atoms with Gasteiger partial charge in [-0.15, -0.1) is 11.3 Å². The molecule has 5 aromatic rings. The van der Waals surface area contributed by atoms with E-state index in [2.05, 4.69) is 30.1 Å². The van der Waals surface area contributed by atoms with Gasteiger partial charge in [0.05, 0.1) is 11.3 Å². The molecular weight excluding hydrogens is 731 g/mol. The van der Waals surface area contributed by atoms with E-state index in [-0.39, 0.29) is 31.1 Å². The van der Waals surface area contributed by atoms with Crippen molar-refractivity contribution in [2.45, 2.75) is 82.5 Å². The largest absolute Gasteiger partial charge is 0.534 e. The Hall–Kier alpha value is -5.59. The average Bonchev–Trinajstić information content (AvgIpc) is 3.76. The summed E-state index contributed by atoms with van der Waals surface area (Å²) in [4.78, 5) is 35.5. The molecule has 2 aromatic heterocycles. The van der Waals surface area contributed by atoms with Crippen molar-refractivity contribution < 1.29 is 18.8 Å². The number of carbonyl (C=O) groups is 2. The number of thiophene rings is 1. The lowest BCUT2D eigenvalue weighted by molar-refractivity contribution is 0.0513. The molecule has 0 radical (unpaired) electrons. The van der Waals surface area contributed by atoms with E-state index < -0.39 is 25.0 Å². The highest BCUT2D eigenvalue weighted by molar-refractivity contribution is 7.17. The van der Waals surface area contributed by atoms with Crippen molar-refractivity contribution in [3.63, 3.8) is 0 Å². The van der Waals surface area contributed by atoms with Gasteiger partial charge in [-0.3, -0.25) is 4.79 Å². The summed E-state index contributed by atoms with van der Waals surface area (Å²) >= 11 is 1.50. The molecule has 1 atom stereocenters. The first kappa shape index (κ1) is 37.7. The van der Waals surface area contributed by atoms with E-state index in [0.29, 0.717) is 24.2 Å². The van der Waals surface area contributed by atoms with Crippen LogP contribution < -0.4 is 14.8 Å². The second-order valence-corrected chi connectivity index (χ2v) is 20.4. The standard InChI is InChI=1S/C40H43N9O4SSi/c1-39(2,3)52-38(51)48-23-27-21-29(17-20-35(27)45-48)49(28-15-16-28)37(50)34-24-54-36-22-30(18-19-33(34)36)53-55(31-11-7-5-8-12-31,32-13-9-6-10-14-32)40(4,25-43-46-41)26-44-47-42/h5-14,18-19,22-24,28-29H,15-17,20-21,25-26H2,1-4H3. The molecule has 1 fully saturated rings. The van der Waals surface area contributed by atoms with E-state index in [0.717, 1.165) is 51.0 Å². The SMILES string of the molecule is CC(C)(C)OC(=O)n1cc2c(n1)CCC(N(C(=O)c1csc3cc(O[Si](c4ccccc4)(c4ccccc4)C(C)(CN=[N+]=[N-])CN=[N+]=[N-])ccc13)C1CC1)C2. The number of ether oxygens (including phenoxy) is 1. The molecule has 2 aliphatic rings. The topological polar surface area (TPSA) is 171 Å². The molecule has 282 valence electrons. The average molecular weight is 774 g/mol. The Kier molecular flexibility index (Phi) is 10.5. The molecule has 0 spiro atoms. The number of hydrogen-bond acceptors (Lipinski definition) is 8. The molecule has 13 nitrogen and oxygen atoms in total. The first-order valence-electron chi connectivity index (χ1n) is 18.4. The van der Waals surface area contributed by atoms with Gasteiger partial charge in [0.15, 0.2) is 0 Å². The molecular formula is C40H43N9O4SSi. The first-order chi connectivity index (χ1) is 26.5. The van der Waals surface area contributed by atoms with E-state index in [1.807, 2.05) is 112 Å². The van der Waals surface area contributed by atoms with Crippen LogP contribution in [0.5, 0.6) is 5.75 Å². The van der Waals surface area contributed by atoms with Gasteiger partial charge in [-0.1, -0.05) is 77.8 Å². The number of rotatable bonds is 12. The van der Waals surface area contributed by atoms with Crippen molar-refractivity contribution in [2.24, 2.45) is 10.2 Å². The number of carbonyl (C=O) groups excluding carboxylic acids is 2. The lowest BCUT2D eigenvalue weighted by Crippen LogP contribution is -2.71. The molecule has 1 saturated carbocycles. The van der Waals surface area contributed by atoms with Crippen LogP contribution in [0.4, 0.5) is 4.79 Å². The summed E-state index contributed by atoms with van der Waals surface area (Å²) in [7, 11) is -3.45. The smallest absolute Gasteiger partial charge is 0.435 e. The van der Waals surface area contributed by atoms with Crippen LogP contribution in [0.25, 0.3) is 31.0 Å². The molecule has 0 N–H and O–H groups in total. The molecule has 0 aliphatic heterocycles. The van der Waals surface area contributed by atoms with Gasteiger partial charge in [-0.05, 0) is 98.1 Å². The van der Waals surface area contributed by atoms with Gasteiger partial charge in [0.1, 0.15) is 11.4 Å². The molecule has 0 saturated heterocycles. The third-order valence-corrected chi connectivity index (χ3v) is 16.2. The maximum Gasteiger partial charge on any atom is 0.435 e. The van der Waals surface area contributed by atoms with Crippen LogP contribution in [-0.4, -0.2) is 65.8 Å². The zero-order valence-electron chi connectivity index (χ0n) is 31.3. The molecule has 55 heavy (non-hydrogen) atoms. The zero-order valence-corrected chi connectivity index (χ0v) is 33.1. The highest BCUT2D eigenvalue weighted by atomic mass is 32.1. The van der Waals surface area contributed by atoms with Gasteiger partial charge < -0.3 is 14.1 Å². The van der Waals surface area contributed by atoms with Crippen LogP contribution in [0.15, 0.2) is 101 Å². The normalized spacial score (nSPS) is 16.5. The van der Waals surface area contributed by atoms with Crippen molar-refractivity contribution in [2.75, 3.05) is 13.1 Å². The minimum absolute atomic E-state index is 0.00370. The molecule has 3 aromatic carbocycles.